The summed E-state index contributed by atoms with van der Waals surface area (Å²) >= 11 is 0. The van der Waals surface area contributed by atoms with Crippen LogP contribution in [0.25, 0.3) is 21.8 Å². The van der Waals surface area contributed by atoms with Crippen molar-refractivity contribution in [3.8, 4) is 0 Å². The Kier molecular flexibility index (Phi) is 4.44. The first-order valence-corrected chi connectivity index (χ1v) is 8.94. The van der Waals surface area contributed by atoms with Gasteiger partial charge >= 0.3 is 0 Å². The van der Waals surface area contributed by atoms with E-state index in [-0.39, 0.29) is 5.91 Å². The molecule has 4 aromatic rings. The molecule has 4 rings (SSSR count). The third kappa shape index (κ3) is 3.33. The summed E-state index contributed by atoms with van der Waals surface area (Å²) in [7, 11) is 0. The number of amides is 1. The van der Waals surface area contributed by atoms with Crippen LogP contribution in [-0.4, -0.2) is 27.2 Å². The number of H-pyrrole nitrogens is 1. The number of aryl methyl sites for hydroxylation is 2. The van der Waals surface area contributed by atoms with Gasteiger partial charge < -0.3 is 10.3 Å². The van der Waals surface area contributed by atoms with Gasteiger partial charge in [-0.1, -0.05) is 30.3 Å². The van der Waals surface area contributed by atoms with Gasteiger partial charge in [-0.2, -0.15) is 5.10 Å². The fraction of sp³-hybridized carbons (Fsp3) is 0.238. The second-order valence-electron chi connectivity index (χ2n) is 6.64. The molecule has 0 aliphatic heterocycles. The summed E-state index contributed by atoms with van der Waals surface area (Å²) in [6.45, 7) is 3.29. The topological polar surface area (TPSA) is 62.7 Å². The quantitative estimate of drug-likeness (QED) is 0.560. The number of nitrogens with one attached hydrogen (secondary N) is 2. The lowest BCUT2D eigenvalue weighted by atomic mass is 10.1. The SMILES string of the molecule is Cc1ccc2cnn(CCC(=O)NCCc3c[nH]c4ccccc34)c2c1. The Labute approximate surface area is 152 Å². The van der Waals surface area contributed by atoms with Crippen molar-refractivity contribution in [1.29, 1.82) is 0 Å². The molecule has 2 aromatic heterocycles. The van der Waals surface area contributed by atoms with Gasteiger partial charge in [-0.05, 0) is 36.6 Å². The van der Waals surface area contributed by atoms with Gasteiger partial charge in [0.2, 0.25) is 5.91 Å². The molecule has 0 aliphatic carbocycles. The van der Waals surface area contributed by atoms with Gasteiger partial charge in [-0.3, -0.25) is 9.48 Å². The number of benzene rings is 2. The van der Waals surface area contributed by atoms with Gasteiger partial charge in [0.1, 0.15) is 0 Å². The van der Waals surface area contributed by atoms with Gasteiger partial charge in [0.05, 0.1) is 18.3 Å². The van der Waals surface area contributed by atoms with Crippen molar-refractivity contribution >= 4 is 27.7 Å². The van der Waals surface area contributed by atoms with Crippen LogP contribution < -0.4 is 5.32 Å². The van der Waals surface area contributed by atoms with E-state index in [0.717, 1.165) is 22.8 Å². The lowest BCUT2D eigenvalue weighted by Gasteiger charge is -2.06. The molecule has 0 saturated carbocycles. The highest BCUT2D eigenvalue weighted by Crippen LogP contribution is 2.18. The number of aromatic amines is 1. The minimum atomic E-state index is 0.0566. The largest absolute Gasteiger partial charge is 0.361 e. The van der Waals surface area contributed by atoms with Crippen molar-refractivity contribution in [2.75, 3.05) is 6.54 Å². The average Bonchev–Trinajstić information content (AvgIpc) is 3.24. The van der Waals surface area contributed by atoms with E-state index >= 15 is 0 Å². The van der Waals surface area contributed by atoms with E-state index in [4.69, 9.17) is 0 Å². The van der Waals surface area contributed by atoms with Crippen LogP contribution in [0.1, 0.15) is 17.5 Å². The molecule has 2 N–H and O–H groups in total. The Bertz CT molecular complexity index is 1060. The molecule has 0 aliphatic rings. The van der Waals surface area contributed by atoms with E-state index in [9.17, 15) is 4.79 Å². The molecule has 5 nitrogen and oxygen atoms in total. The van der Waals surface area contributed by atoms with Crippen LogP contribution in [0.4, 0.5) is 0 Å². The Balaban J connectivity index is 1.31. The Morgan fingerprint density at radius 3 is 3.04 bits per heavy atom. The maximum absolute atomic E-state index is 12.2. The minimum absolute atomic E-state index is 0.0566. The number of fused-ring (bicyclic) bond motifs is 2. The van der Waals surface area contributed by atoms with E-state index in [1.807, 2.05) is 29.2 Å². The maximum Gasteiger partial charge on any atom is 0.221 e. The summed E-state index contributed by atoms with van der Waals surface area (Å²) in [5.41, 5.74) is 4.64. The number of aromatic nitrogens is 3. The summed E-state index contributed by atoms with van der Waals surface area (Å²) in [6.07, 6.45) is 5.12. The highest BCUT2D eigenvalue weighted by molar-refractivity contribution is 5.83. The third-order valence-corrected chi connectivity index (χ3v) is 4.74. The highest BCUT2D eigenvalue weighted by atomic mass is 16.1. The van der Waals surface area contributed by atoms with Crippen molar-refractivity contribution in [1.82, 2.24) is 20.1 Å². The zero-order valence-corrected chi connectivity index (χ0v) is 14.8. The minimum Gasteiger partial charge on any atom is -0.361 e. The summed E-state index contributed by atoms with van der Waals surface area (Å²) in [5, 5.41) is 9.74. The zero-order valence-electron chi connectivity index (χ0n) is 14.8. The average molecular weight is 346 g/mol. The normalized spacial score (nSPS) is 11.3. The first-order chi connectivity index (χ1) is 12.7. The molecule has 5 heteroatoms. The first-order valence-electron chi connectivity index (χ1n) is 8.94. The van der Waals surface area contributed by atoms with Gasteiger partial charge in [-0.15, -0.1) is 0 Å². The molecule has 0 unspecified atom stereocenters. The van der Waals surface area contributed by atoms with Gasteiger partial charge in [0, 0.05) is 35.5 Å². The van der Waals surface area contributed by atoms with Crippen molar-refractivity contribution in [3.05, 3.63) is 66.0 Å². The highest BCUT2D eigenvalue weighted by Gasteiger charge is 2.07. The van der Waals surface area contributed by atoms with Crippen molar-refractivity contribution < 1.29 is 4.79 Å². The Morgan fingerprint density at radius 1 is 1.23 bits per heavy atom. The Hall–Kier alpha value is -3.08. The molecule has 0 saturated heterocycles. The lowest BCUT2D eigenvalue weighted by molar-refractivity contribution is -0.121. The van der Waals surface area contributed by atoms with Crippen molar-refractivity contribution in [2.24, 2.45) is 0 Å². The van der Waals surface area contributed by atoms with Crippen LogP contribution in [0.2, 0.25) is 0 Å². The van der Waals surface area contributed by atoms with E-state index in [1.165, 1.54) is 16.5 Å². The molecule has 1 amide bonds. The summed E-state index contributed by atoms with van der Waals surface area (Å²) in [6, 6.07) is 14.5. The van der Waals surface area contributed by atoms with Crippen molar-refractivity contribution in [2.45, 2.75) is 26.3 Å². The first kappa shape index (κ1) is 16.4. The van der Waals surface area contributed by atoms with Crippen LogP contribution in [0.5, 0.6) is 0 Å². The van der Waals surface area contributed by atoms with Crippen LogP contribution in [0.3, 0.4) is 0 Å². The van der Waals surface area contributed by atoms with E-state index in [2.05, 4.69) is 52.7 Å². The maximum atomic E-state index is 12.2. The number of para-hydroxylation sites is 1. The fourth-order valence-corrected chi connectivity index (χ4v) is 3.33. The molecule has 132 valence electrons. The number of rotatable bonds is 6. The van der Waals surface area contributed by atoms with Gasteiger partial charge in [0.25, 0.3) is 0 Å². The van der Waals surface area contributed by atoms with Gasteiger partial charge in [0.15, 0.2) is 0 Å². The van der Waals surface area contributed by atoms with E-state index in [1.54, 1.807) is 0 Å². The zero-order chi connectivity index (χ0) is 17.9. The number of carbonyl (C=O) groups excluding carboxylic acids is 1. The van der Waals surface area contributed by atoms with Crippen LogP contribution in [-0.2, 0) is 17.8 Å². The molecular weight excluding hydrogens is 324 g/mol. The smallest absolute Gasteiger partial charge is 0.221 e. The molecule has 26 heavy (non-hydrogen) atoms. The van der Waals surface area contributed by atoms with Crippen LogP contribution >= 0.6 is 0 Å². The second-order valence-corrected chi connectivity index (χ2v) is 6.64. The number of hydrogen-bond acceptors (Lipinski definition) is 2. The predicted octanol–water partition coefficient (Wildman–Crippen LogP) is 3.58. The molecule has 2 aromatic carbocycles. The molecule has 0 bridgehead atoms. The van der Waals surface area contributed by atoms with Crippen LogP contribution in [0, 0.1) is 6.92 Å². The molecular formula is C21H22N4O. The number of carbonyl (C=O) groups is 1. The monoisotopic (exact) mass is 346 g/mol. The number of hydrogen-bond donors (Lipinski definition) is 2. The second kappa shape index (κ2) is 7.04. The van der Waals surface area contributed by atoms with Crippen LogP contribution in [0.15, 0.2) is 54.9 Å². The third-order valence-electron chi connectivity index (χ3n) is 4.74. The molecule has 2 heterocycles. The summed E-state index contributed by atoms with van der Waals surface area (Å²) in [5.74, 6) is 0.0566. The predicted molar refractivity (Wildman–Crippen MR) is 104 cm³/mol. The fourth-order valence-electron chi connectivity index (χ4n) is 3.33. The molecule has 0 spiro atoms. The summed E-state index contributed by atoms with van der Waals surface area (Å²) in [4.78, 5) is 15.4. The number of nitrogens with zero attached hydrogens (tertiary/aromatic N) is 2. The molecule has 0 atom stereocenters. The van der Waals surface area contributed by atoms with Crippen molar-refractivity contribution in [3.63, 3.8) is 0 Å². The van der Waals surface area contributed by atoms with E-state index < -0.39 is 0 Å². The summed E-state index contributed by atoms with van der Waals surface area (Å²) < 4.78 is 1.90. The van der Waals surface area contributed by atoms with E-state index in [0.29, 0.717) is 19.5 Å². The standard InChI is InChI=1S/C21H22N4O/c1-15-6-7-17-14-24-25(20(17)12-15)11-9-21(26)22-10-8-16-13-23-19-5-3-2-4-18(16)19/h2-7,12-14,23H,8-11H2,1H3,(H,22,26). The molecule has 0 radical (unpaired) electrons. The lowest BCUT2D eigenvalue weighted by Crippen LogP contribution is -2.26. The molecule has 0 fully saturated rings. The Morgan fingerprint density at radius 2 is 2.12 bits per heavy atom. The van der Waals surface area contributed by atoms with Gasteiger partial charge in [-0.25, -0.2) is 0 Å².